The summed E-state index contributed by atoms with van der Waals surface area (Å²) < 4.78 is 16.4. The molecule has 0 saturated carbocycles. The predicted molar refractivity (Wildman–Crippen MR) is 115 cm³/mol. The molecule has 7 heteroatoms. The van der Waals surface area contributed by atoms with Crippen molar-refractivity contribution in [1.29, 1.82) is 0 Å². The van der Waals surface area contributed by atoms with Crippen LogP contribution < -0.4 is 24.8 Å². The highest BCUT2D eigenvalue weighted by molar-refractivity contribution is 5.90. The SMILES string of the molecule is CCN(CC)CCOc1ccccc1NC(=O)NCc1cc(OC)cc(OC)c1. The number of nitrogens with zero attached hydrogens (tertiary/aromatic N) is 1. The van der Waals surface area contributed by atoms with Gasteiger partial charge in [0.1, 0.15) is 23.9 Å². The quantitative estimate of drug-likeness (QED) is 0.600. The summed E-state index contributed by atoms with van der Waals surface area (Å²) in [6.45, 7) is 7.96. The van der Waals surface area contributed by atoms with Crippen LogP contribution in [0.5, 0.6) is 17.2 Å². The number of hydrogen-bond acceptors (Lipinski definition) is 5. The molecule has 0 heterocycles. The first-order valence-corrected chi connectivity index (χ1v) is 9.80. The van der Waals surface area contributed by atoms with Crippen LogP contribution in [-0.2, 0) is 6.54 Å². The molecule has 158 valence electrons. The van der Waals surface area contributed by atoms with E-state index in [9.17, 15) is 4.79 Å². The first-order valence-electron chi connectivity index (χ1n) is 9.80. The Morgan fingerprint density at radius 3 is 2.28 bits per heavy atom. The lowest BCUT2D eigenvalue weighted by molar-refractivity contribution is 0.223. The first-order chi connectivity index (χ1) is 14.1. The van der Waals surface area contributed by atoms with Crippen LogP contribution in [0.4, 0.5) is 10.5 Å². The number of nitrogens with one attached hydrogen (secondary N) is 2. The topological polar surface area (TPSA) is 72.1 Å². The summed E-state index contributed by atoms with van der Waals surface area (Å²) in [5.74, 6) is 2.00. The minimum absolute atomic E-state index is 0.313. The first kappa shape index (κ1) is 22.4. The fraction of sp³-hybridized carbons (Fsp3) is 0.409. The average molecular weight is 402 g/mol. The molecule has 2 amide bonds. The lowest BCUT2D eigenvalue weighted by Crippen LogP contribution is -2.29. The molecular formula is C22H31N3O4. The summed E-state index contributed by atoms with van der Waals surface area (Å²) in [5.41, 5.74) is 1.51. The summed E-state index contributed by atoms with van der Waals surface area (Å²) in [6, 6.07) is 12.6. The second kappa shape index (κ2) is 11.8. The van der Waals surface area contributed by atoms with Gasteiger partial charge in [-0.1, -0.05) is 26.0 Å². The van der Waals surface area contributed by atoms with Crippen LogP contribution in [0, 0.1) is 0 Å². The minimum Gasteiger partial charge on any atom is -0.497 e. The summed E-state index contributed by atoms with van der Waals surface area (Å²) >= 11 is 0. The number of para-hydroxylation sites is 2. The number of anilines is 1. The smallest absolute Gasteiger partial charge is 0.319 e. The van der Waals surface area contributed by atoms with Gasteiger partial charge in [0.25, 0.3) is 0 Å². The van der Waals surface area contributed by atoms with Crippen molar-refractivity contribution in [1.82, 2.24) is 10.2 Å². The number of hydrogen-bond donors (Lipinski definition) is 2. The van der Waals surface area contributed by atoms with Gasteiger partial charge in [-0.2, -0.15) is 0 Å². The molecular weight excluding hydrogens is 370 g/mol. The molecule has 0 atom stereocenters. The maximum atomic E-state index is 12.4. The zero-order valence-corrected chi connectivity index (χ0v) is 17.7. The van der Waals surface area contributed by atoms with Crippen molar-refractivity contribution < 1.29 is 19.0 Å². The number of rotatable bonds is 11. The van der Waals surface area contributed by atoms with E-state index in [1.165, 1.54) is 0 Å². The Morgan fingerprint density at radius 1 is 1.00 bits per heavy atom. The lowest BCUT2D eigenvalue weighted by Gasteiger charge is -2.19. The van der Waals surface area contributed by atoms with Crippen molar-refractivity contribution in [2.24, 2.45) is 0 Å². The Balaban J connectivity index is 1.92. The molecule has 0 unspecified atom stereocenters. The van der Waals surface area contributed by atoms with Gasteiger partial charge < -0.3 is 29.7 Å². The molecule has 0 saturated heterocycles. The highest BCUT2D eigenvalue weighted by Gasteiger charge is 2.09. The van der Waals surface area contributed by atoms with Gasteiger partial charge in [-0.05, 0) is 42.9 Å². The number of carbonyl (C=O) groups is 1. The van der Waals surface area contributed by atoms with E-state index in [-0.39, 0.29) is 6.03 Å². The molecule has 2 aromatic rings. The zero-order valence-electron chi connectivity index (χ0n) is 17.7. The molecule has 0 aliphatic rings. The van der Waals surface area contributed by atoms with Crippen molar-refractivity contribution in [2.45, 2.75) is 20.4 Å². The van der Waals surface area contributed by atoms with E-state index < -0.39 is 0 Å². The molecule has 2 N–H and O–H groups in total. The molecule has 0 radical (unpaired) electrons. The van der Waals surface area contributed by atoms with E-state index in [0.717, 1.165) is 25.2 Å². The van der Waals surface area contributed by atoms with Gasteiger partial charge in [0.2, 0.25) is 0 Å². The third-order valence-corrected chi connectivity index (χ3v) is 4.56. The molecule has 0 aliphatic heterocycles. The maximum absolute atomic E-state index is 12.4. The van der Waals surface area contributed by atoms with Crippen molar-refractivity contribution in [3.8, 4) is 17.2 Å². The summed E-state index contributed by atoms with van der Waals surface area (Å²) in [7, 11) is 3.19. The van der Waals surface area contributed by atoms with Gasteiger partial charge in [-0.3, -0.25) is 0 Å². The van der Waals surface area contributed by atoms with E-state index in [4.69, 9.17) is 14.2 Å². The highest BCUT2D eigenvalue weighted by atomic mass is 16.5. The van der Waals surface area contributed by atoms with Crippen LogP contribution in [0.2, 0.25) is 0 Å². The molecule has 2 rings (SSSR count). The van der Waals surface area contributed by atoms with Crippen molar-refractivity contribution in [3.63, 3.8) is 0 Å². The molecule has 2 aromatic carbocycles. The normalized spacial score (nSPS) is 10.5. The number of carbonyl (C=O) groups excluding carboxylic acids is 1. The number of amides is 2. The Kier molecular flexibility index (Phi) is 9.11. The number of urea groups is 1. The van der Waals surface area contributed by atoms with Crippen molar-refractivity contribution in [3.05, 3.63) is 48.0 Å². The van der Waals surface area contributed by atoms with Crippen molar-refractivity contribution in [2.75, 3.05) is 45.8 Å². The van der Waals surface area contributed by atoms with Crippen LogP contribution in [0.1, 0.15) is 19.4 Å². The van der Waals surface area contributed by atoms with E-state index in [1.807, 2.05) is 36.4 Å². The summed E-state index contributed by atoms with van der Waals surface area (Å²) in [6.07, 6.45) is 0. The van der Waals surface area contributed by atoms with Crippen LogP contribution in [0.15, 0.2) is 42.5 Å². The van der Waals surface area contributed by atoms with Gasteiger partial charge in [-0.15, -0.1) is 0 Å². The Morgan fingerprint density at radius 2 is 1.66 bits per heavy atom. The van der Waals surface area contributed by atoms with Crippen LogP contribution in [-0.4, -0.2) is 51.4 Å². The largest absolute Gasteiger partial charge is 0.497 e. The number of likely N-dealkylation sites (N-methyl/N-ethyl adjacent to an activating group) is 1. The molecule has 0 bridgehead atoms. The zero-order chi connectivity index (χ0) is 21.1. The Labute approximate surface area is 172 Å². The molecule has 0 fully saturated rings. The highest BCUT2D eigenvalue weighted by Crippen LogP contribution is 2.24. The lowest BCUT2D eigenvalue weighted by atomic mass is 10.2. The second-order valence-electron chi connectivity index (χ2n) is 6.40. The van der Waals surface area contributed by atoms with E-state index in [2.05, 4.69) is 29.4 Å². The fourth-order valence-electron chi connectivity index (χ4n) is 2.84. The monoisotopic (exact) mass is 401 g/mol. The standard InChI is InChI=1S/C22H31N3O4/c1-5-25(6-2)11-12-29-21-10-8-7-9-20(21)24-22(26)23-16-17-13-18(27-3)15-19(14-17)28-4/h7-10,13-15H,5-6,11-12,16H2,1-4H3,(H2,23,24,26). The van der Waals surface area contributed by atoms with E-state index in [1.54, 1.807) is 20.3 Å². The van der Waals surface area contributed by atoms with Gasteiger partial charge in [0, 0.05) is 19.2 Å². The Hall–Kier alpha value is -2.93. The molecule has 7 nitrogen and oxygen atoms in total. The predicted octanol–water partition coefficient (Wildman–Crippen LogP) is 3.75. The van der Waals surface area contributed by atoms with Gasteiger partial charge in [-0.25, -0.2) is 4.79 Å². The summed E-state index contributed by atoms with van der Waals surface area (Å²) in [4.78, 5) is 14.7. The van der Waals surface area contributed by atoms with Crippen molar-refractivity contribution >= 4 is 11.7 Å². The summed E-state index contributed by atoms with van der Waals surface area (Å²) in [5, 5.41) is 5.70. The maximum Gasteiger partial charge on any atom is 0.319 e. The molecule has 0 spiro atoms. The van der Waals surface area contributed by atoms with Crippen LogP contribution in [0.25, 0.3) is 0 Å². The molecule has 29 heavy (non-hydrogen) atoms. The number of benzene rings is 2. The van der Waals surface area contributed by atoms with E-state index in [0.29, 0.717) is 36.1 Å². The molecule has 0 aliphatic carbocycles. The minimum atomic E-state index is -0.313. The van der Waals surface area contributed by atoms with Crippen LogP contribution >= 0.6 is 0 Å². The van der Waals surface area contributed by atoms with E-state index >= 15 is 0 Å². The average Bonchev–Trinajstić information content (AvgIpc) is 2.76. The fourth-order valence-corrected chi connectivity index (χ4v) is 2.84. The van der Waals surface area contributed by atoms with Gasteiger partial charge in [0.05, 0.1) is 19.9 Å². The third-order valence-electron chi connectivity index (χ3n) is 4.56. The van der Waals surface area contributed by atoms with Gasteiger partial charge >= 0.3 is 6.03 Å². The number of methoxy groups -OCH3 is 2. The van der Waals surface area contributed by atoms with Gasteiger partial charge in [0.15, 0.2) is 0 Å². The number of ether oxygens (including phenoxy) is 3. The van der Waals surface area contributed by atoms with Crippen LogP contribution in [0.3, 0.4) is 0 Å². The Bertz CT molecular complexity index is 756. The second-order valence-corrected chi connectivity index (χ2v) is 6.40. The third kappa shape index (κ3) is 7.19. The molecule has 0 aromatic heterocycles.